The molecule has 1 aliphatic carbocycles. The molecule has 1 amide bonds. The van der Waals surface area contributed by atoms with Crippen LogP contribution in [-0.4, -0.2) is 46.9 Å². The zero-order chi connectivity index (χ0) is 16.6. The van der Waals surface area contributed by atoms with Crippen molar-refractivity contribution in [2.24, 2.45) is 11.3 Å². The molecule has 5 heteroatoms. The Hall–Kier alpha value is -1.85. The molecule has 0 radical (unpaired) electrons. The molecule has 0 aromatic carbocycles. The molecule has 2 bridgehead atoms. The van der Waals surface area contributed by atoms with Crippen LogP contribution >= 0.6 is 0 Å². The third-order valence-corrected chi connectivity index (χ3v) is 7.31. The van der Waals surface area contributed by atoms with Crippen LogP contribution < -0.4 is 0 Å². The van der Waals surface area contributed by atoms with Gasteiger partial charge in [-0.2, -0.15) is 10.5 Å². The van der Waals surface area contributed by atoms with E-state index in [1.165, 1.54) is 0 Å². The number of hydrogen-bond acceptors (Lipinski definition) is 4. The number of amides is 1. The molecule has 3 atom stereocenters. The van der Waals surface area contributed by atoms with Crippen molar-refractivity contribution < 1.29 is 4.79 Å². The second kappa shape index (κ2) is 4.16. The number of carbonyl (C=O) groups excluding carboxylic acids is 1. The number of hydrogen-bond donors (Lipinski definition) is 0. The third-order valence-electron chi connectivity index (χ3n) is 7.31. The number of nitrogens with zero attached hydrogens (tertiary/aromatic N) is 4. The molecule has 0 N–H and O–H groups in total. The summed E-state index contributed by atoms with van der Waals surface area (Å²) < 4.78 is 0. The van der Waals surface area contributed by atoms with Gasteiger partial charge in [0.15, 0.2) is 0 Å². The molecule has 4 saturated heterocycles. The number of piperazine rings is 1. The number of piperidine rings is 2. The van der Waals surface area contributed by atoms with Crippen LogP contribution in [0.15, 0.2) is 11.1 Å². The summed E-state index contributed by atoms with van der Waals surface area (Å²) in [5, 5.41) is 18.8. The fourth-order valence-corrected chi connectivity index (χ4v) is 6.09. The summed E-state index contributed by atoms with van der Waals surface area (Å²) >= 11 is 0. The fraction of sp³-hybridized carbons (Fsp3) is 0.722. The number of rotatable bonds is 0. The highest BCUT2D eigenvalue weighted by molar-refractivity contribution is 5.90. The molecule has 1 saturated carbocycles. The van der Waals surface area contributed by atoms with Gasteiger partial charge in [-0.15, -0.1) is 0 Å². The van der Waals surface area contributed by atoms with Crippen molar-refractivity contribution in [2.45, 2.75) is 50.6 Å². The minimum Gasteiger partial charge on any atom is -0.337 e. The Balaban J connectivity index is 1.92. The lowest BCUT2D eigenvalue weighted by molar-refractivity contribution is -0.184. The average molecular weight is 310 g/mol. The van der Waals surface area contributed by atoms with E-state index in [9.17, 15) is 15.3 Å². The maximum absolute atomic E-state index is 13.1. The number of carbonyl (C=O) groups is 1. The zero-order valence-corrected chi connectivity index (χ0v) is 14.0. The van der Waals surface area contributed by atoms with Crippen LogP contribution in [0.4, 0.5) is 0 Å². The molecule has 5 aliphatic rings. The second-order valence-corrected chi connectivity index (χ2v) is 8.26. The lowest BCUT2D eigenvalue weighted by Crippen LogP contribution is -2.78. The Morgan fingerprint density at radius 3 is 2.65 bits per heavy atom. The molecular formula is C18H22N4O. The minimum atomic E-state index is -0.326. The first-order valence-electron chi connectivity index (χ1n) is 8.41. The highest BCUT2D eigenvalue weighted by Crippen LogP contribution is 2.65. The summed E-state index contributed by atoms with van der Waals surface area (Å²) in [6.07, 6.45) is 3.57. The molecule has 0 aromatic rings. The molecule has 5 fully saturated rings. The number of likely N-dealkylation sites (N-methyl/N-ethyl adjacent to an activating group) is 1. The summed E-state index contributed by atoms with van der Waals surface area (Å²) in [6, 6.07) is 4.18. The van der Waals surface area contributed by atoms with Crippen LogP contribution in [0.3, 0.4) is 0 Å². The Labute approximate surface area is 137 Å². The molecule has 2 spiro atoms. The van der Waals surface area contributed by atoms with E-state index in [0.717, 1.165) is 37.9 Å². The van der Waals surface area contributed by atoms with Gasteiger partial charge in [0, 0.05) is 13.6 Å². The van der Waals surface area contributed by atoms with Crippen molar-refractivity contribution in [3.05, 3.63) is 11.1 Å². The molecule has 1 unspecified atom stereocenters. The van der Waals surface area contributed by atoms with Crippen LogP contribution in [0.5, 0.6) is 0 Å². The maximum Gasteiger partial charge on any atom is 0.243 e. The van der Waals surface area contributed by atoms with Crippen molar-refractivity contribution in [3.63, 3.8) is 0 Å². The summed E-state index contributed by atoms with van der Waals surface area (Å²) in [5.41, 5.74) is 0.414. The van der Waals surface area contributed by atoms with Gasteiger partial charge in [-0.05, 0) is 49.1 Å². The number of fused-ring (bicyclic) bond motifs is 1. The highest BCUT2D eigenvalue weighted by Gasteiger charge is 2.72. The minimum absolute atomic E-state index is 0.211. The van der Waals surface area contributed by atoms with E-state index in [0.29, 0.717) is 12.3 Å². The molecular weight excluding hydrogens is 288 g/mol. The molecule has 120 valence electrons. The largest absolute Gasteiger partial charge is 0.337 e. The number of nitriles is 2. The Kier molecular flexibility index (Phi) is 2.66. The van der Waals surface area contributed by atoms with E-state index < -0.39 is 0 Å². The quantitative estimate of drug-likeness (QED) is 0.640. The van der Waals surface area contributed by atoms with Crippen LogP contribution in [0.1, 0.15) is 39.5 Å². The van der Waals surface area contributed by atoms with Crippen molar-refractivity contribution in [1.82, 2.24) is 9.80 Å². The Morgan fingerprint density at radius 1 is 1.30 bits per heavy atom. The van der Waals surface area contributed by atoms with E-state index in [2.05, 4.69) is 30.9 Å². The van der Waals surface area contributed by atoms with Crippen molar-refractivity contribution in [3.8, 4) is 12.1 Å². The standard InChI is InChI=1S/C18H22N4O/c1-16(2)13(12(9-19)10-20)7-18-11-22-6-4-5-17(22,8-14(16)18)15(23)21(18)3/h14H,4-8,11H2,1-3H3/t14?,17-,18+/m0/s1. The van der Waals surface area contributed by atoms with Crippen LogP contribution in [0.25, 0.3) is 0 Å². The molecule has 5 rings (SSSR count). The molecule has 4 aliphatic heterocycles. The first kappa shape index (κ1) is 14.7. The fourth-order valence-electron chi connectivity index (χ4n) is 6.09. The van der Waals surface area contributed by atoms with Crippen molar-refractivity contribution >= 4 is 5.91 Å². The van der Waals surface area contributed by atoms with Gasteiger partial charge in [-0.3, -0.25) is 9.69 Å². The SMILES string of the molecule is CN1C(=O)[C@@]23CCCN2C[C@@]12CC(=C(C#N)C#N)C(C)(C)C2C3. The lowest BCUT2D eigenvalue weighted by Gasteiger charge is -2.63. The summed E-state index contributed by atoms with van der Waals surface area (Å²) in [5.74, 6) is 0.573. The average Bonchev–Trinajstić information content (AvgIpc) is 3.03. The highest BCUT2D eigenvalue weighted by atomic mass is 16.2. The monoisotopic (exact) mass is 310 g/mol. The zero-order valence-electron chi connectivity index (χ0n) is 14.0. The first-order chi connectivity index (χ1) is 10.8. The van der Waals surface area contributed by atoms with E-state index in [-0.39, 0.29) is 28.0 Å². The second-order valence-electron chi connectivity index (χ2n) is 8.26. The first-order valence-corrected chi connectivity index (χ1v) is 8.41. The Bertz CT molecular complexity index is 708. The van der Waals surface area contributed by atoms with Crippen molar-refractivity contribution in [2.75, 3.05) is 20.1 Å². The van der Waals surface area contributed by atoms with Crippen LogP contribution in [0, 0.1) is 34.0 Å². The van der Waals surface area contributed by atoms with Crippen LogP contribution in [-0.2, 0) is 4.79 Å². The van der Waals surface area contributed by atoms with Gasteiger partial charge in [0.1, 0.15) is 23.3 Å². The molecule has 23 heavy (non-hydrogen) atoms. The van der Waals surface area contributed by atoms with Gasteiger partial charge in [-0.1, -0.05) is 13.8 Å². The maximum atomic E-state index is 13.1. The van der Waals surface area contributed by atoms with E-state index in [1.807, 2.05) is 11.9 Å². The normalized spacial score (nSPS) is 40.6. The lowest BCUT2D eigenvalue weighted by atomic mass is 9.60. The molecule has 4 heterocycles. The van der Waals surface area contributed by atoms with E-state index in [4.69, 9.17) is 0 Å². The summed E-state index contributed by atoms with van der Waals surface area (Å²) in [4.78, 5) is 17.5. The van der Waals surface area contributed by atoms with Gasteiger partial charge in [0.05, 0.1) is 5.54 Å². The summed E-state index contributed by atoms with van der Waals surface area (Å²) in [7, 11) is 1.93. The summed E-state index contributed by atoms with van der Waals surface area (Å²) in [6.45, 7) is 6.20. The number of allylic oxidation sites excluding steroid dienone is 1. The van der Waals surface area contributed by atoms with Crippen molar-refractivity contribution in [1.29, 1.82) is 10.5 Å². The third kappa shape index (κ3) is 1.43. The predicted molar refractivity (Wildman–Crippen MR) is 83.8 cm³/mol. The van der Waals surface area contributed by atoms with Crippen LogP contribution in [0.2, 0.25) is 0 Å². The molecule has 0 aromatic heterocycles. The Morgan fingerprint density at radius 2 is 2.00 bits per heavy atom. The van der Waals surface area contributed by atoms with Gasteiger partial charge in [0.25, 0.3) is 0 Å². The van der Waals surface area contributed by atoms with Gasteiger partial charge in [0.2, 0.25) is 5.91 Å². The smallest absolute Gasteiger partial charge is 0.243 e. The predicted octanol–water partition coefficient (Wildman–Crippen LogP) is 1.83. The van der Waals surface area contributed by atoms with E-state index >= 15 is 0 Å². The molecule has 5 nitrogen and oxygen atoms in total. The topological polar surface area (TPSA) is 71.1 Å². The van der Waals surface area contributed by atoms with Gasteiger partial charge < -0.3 is 4.90 Å². The van der Waals surface area contributed by atoms with Gasteiger partial charge >= 0.3 is 0 Å². The van der Waals surface area contributed by atoms with Gasteiger partial charge in [-0.25, -0.2) is 0 Å². The van der Waals surface area contributed by atoms with E-state index in [1.54, 1.807) is 0 Å².